The first kappa shape index (κ1) is 21.2. The molecule has 0 bridgehead atoms. The van der Waals surface area contributed by atoms with Crippen molar-refractivity contribution in [3.05, 3.63) is 35.4 Å². The maximum Gasteiger partial charge on any atom is 0.191 e. The Labute approximate surface area is 152 Å². The number of nitrogens with one attached hydrogen (secondary N) is 2. The van der Waals surface area contributed by atoms with Gasteiger partial charge in [0, 0.05) is 27.2 Å². The van der Waals surface area contributed by atoms with Crippen molar-refractivity contribution < 1.29 is 4.74 Å². The number of hydrogen-bond acceptors (Lipinski definition) is 2. The lowest BCUT2D eigenvalue weighted by Gasteiger charge is -2.14. The maximum absolute atomic E-state index is 5.23. The van der Waals surface area contributed by atoms with Gasteiger partial charge in [-0.3, -0.25) is 4.99 Å². The van der Waals surface area contributed by atoms with Crippen LogP contribution in [0, 0.1) is 5.92 Å². The first-order chi connectivity index (χ1) is 10.2. The Bertz CT molecular complexity index is 436. The quantitative estimate of drug-likeness (QED) is 0.293. The number of aliphatic imine (C=N–C) groups is 1. The smallest absolute Gasteiger partial charge is 0.191 e. The lowest BCUT2D eigenvalue weighted by molar-refractivity contribution is 0.184. The Morgan fingerprint density at radius 3 is 2.45 bits per heavy atom. The Balaban J connectivity index is 0.00000441. The third-order valence-corrected chi connectivity index (χ3v) is 3.34. The van der Waals surface area contributed by atoms with Gasteiger partial charge in [0.25, 0.3) is 0 Å². The number of nitrogens with zero attached hydrogens (tertiary/aromatic N) is 1. The van der Waals surface area contributed by atoms with Gasteiger partial charge in [0.2, 0.25) is 0 Å². The van der Waals surface area contributed by atoms with E-state index in [4.69, 9.17) is 4.74 Å². The Hall–Kier alpha value is -0.820. The number of ether oxygens (including phenoxy) is 1. The predicted octanol–water partition coefficient (Wildman–Crippen LogP) is 3.55. The van der Waals surface area contributed by atoms with E-state index in [1.54, 1.807) is 14.2 Å². The molecular formula is C17H30IN3O. The van der Waals surface area contributed by atoms with Crippen molar-refractivity contribution in [3.8, 4) is 0 Å². The zero-order valence-electron chi connectivity index (χ0n) is 14.2. The summed E-state index contributed by atoms with van der Waals surface area (Å²) < 4.78 is 5.23. The molecule has 0 radical (unpaired) electrons. The fourth-order valence-electron chi connectivity index (χ4n) is 2.14. The predicted molar refractivity (Wildman–Crippen MR) is 105 cm³/mol. The van der Waals surface area contributed by atoms with E-state index in [1.165, 1.54) is 24.0 Å². The van der Waals surface area contributed by atoms with E-state index in [-0.39, 0.29) is 24.0 Å². The minimum Gasteiger partial charge on any atom is -0.380 e. The minimum absolute atomic E-state index is 0. The summed E-state index contributed by atoms with van der Waals surface area (Å²) >= 11 is 0. The van der Waals surface area contributed by atoms with Crippen LogP contribution in [0.25, 0.3) is 0 Å². The van der Waals surface area contributed by atoms with Gasteiger partial charge in [0.05, 0.1) is 6.61 Å². The Kier molecular flexibility index (Phi) is 12.2. The van der Waals surface area contributed by atoms with Crippen LogP contribution < -0.4 is 10.6 Å². The van der Waals surface area contributed by atoms with Gasteiger partial charge in [-0.05, 0) is 29.9 Å². The molecule has 0 heterocycles. The number of rotatable bonds is 8. The molecule has 1 rings (SSSR count). The first-order valence-corrected chi connectivity index (χ1v) is 7.67. The van der Waals surface area contributed by atoms with E-state index < -0.39 is 0 Å². The Morgan fingerprint density at radius 2 is 1.86 bits per heavy atom. The molecule has 0 fully saturated rings. The topological polar surface area (TPSA) is 45.7 Å². The van der Waals surface area contributed by atoms with E-state index in [2.05, 4.69) is 47.7 Å². The van der Waals surface area contributed by atoms with E-state index in [0.717, 1.165) is 25.0 Å². The molecule has 0 aliphatic rings. The van der Waals surface area contributed by atoms with Gasteiger partial charge in [-0.2, -0.15) is 0 Å². The molecule has 0 unspecified atom stereocenters. The summed E-state index contributed by atoms with van der Waals surface area (Å²) in [6.07, 6.45) is 2.40. The highest BCUT2D eigenvalue weighted by Gasteiger charge is 2.03. The van der Waals surface area contributed by atoms with Gasteiger partial charge in [0.15, 0.2) is 5.96 Å². The van der Waals surface area contributed by atoms with Gasteiger partial charge >= 0.3 is 0 Å². The molecule has 5 heteroatoms. The number of hydrogen-bond donors (Lipinski definition) is 2. The number of guanidine groups is 1. The van der Waals surface area contributed by atoms with Gasteiger partial charge in [0.1, 0.15) is 0 Å². The highest BCUT2D eigenvalue weighted by molar-refractivity contribution is 14.0. The molecule has 0 spiro atoms. The van der Waals surface area contributed by atoms with Crippen molar-refractivity contribution in [3.63, 3.8) is 0 Å². The second-order valence-corrected chi connectivity index (χ2v) is 5.59. The number of benzene rings is 1. The van der Waals surface area contributed by atoms with Crippen molar-refractivity contribution in [2.24, 2.45) is 10.9 Å². The zero-order valence-corrected chi connectivity index (χ0v) is 16.5. The molecule has 0 aromatic heterocycles. The van der Waals surface area contributed by atoms with Crippen LogP contribution in [0.1, 0.15) is 37.8 Å². The zero-order chi connectivity index (χ0) is 15.5. The molecule has 1 aromatic rings. The van der Waals surface area contributed by atoms with Crippen LogP contribution in [0.2, 0.25) is 0 Å². The third kappa shape index (κ3) is 8.58. The molecule has 0 aliphatic heterocycles. The van der Waals surface area contributed by atoms with Gasteiger partial charge in [-0.25, -0.2) is 0 Å². The average molecular weight is 419 g/mol. The van der Waals surface area contributed by atoms with E-state index in [0.29, 0.717) is 6.61 Å². The molecule has 4 nitrogen and oxygen atoms in total. The molecule has 1 aromatic carbocycles. The summed E-state index contributed by atoms with van der Waals surface area (Å²) in [5.41, 5.74) is 2.45. The maximum atomic E-state index is 5.23. The minimum atomic E-state index is 0. The molecule has 22 heavy (non-hydrogen) atoms. The highest BCUT2D eigenvalue weighted by atomic mass is 127. The summed E-state index contributed by atoms with van der Waals surface area (Å²) in [6, 6.07) is 8.30. The molecule has 0 saturated carbocycles. The second kappa shape index (κ2) is 12.7. The van der Waals surface area contributed by atoms with E-state index in [9.17, 15) is 0 Å². The molecule has 0 amide bonds. The lowest BCUT2D eigenvalue weighted by atomic mass is 10.1. The molecular weight excluding hydrogens is 389 g/mol. The third-order valence-electron chi connectivity index (χ3n) is 3.34. The molecule has 0 atom stereocenters. The summed E-state index contributed by atoms with van der Waals surface area (Å²) in [4.78, 5) is 4.26. The fourth-order valence-corrected chi connectivity index (χ4v) is 2.14. The van der Waals surface area contributed by atoms with Crippen molar-refractivity contribution in [1.82, 2.24) is 10.6 Å². The number of methoxy groups -OCH3 is 1. The number of halogens is 1. The van der Waals surface area contributed by atoms with Crippen LogP contribution in [0.4, 0.5) is 0 Å². The van der Waals surface area contributed by atoms with Crippen LogP contribution in [0.5, 0.6) is 0 Å². The summed E-state index contributed by atoms with van der Waals surface area (Å²) in [7, 11) is 3.53. The second-order valence-electron chi connectivity index (χ2n) is 5.59. The van der Waals surface area contributed by atoms with Crippen LogP contribution in [-0.2, 0) is 17.9 Å². The summed E-state index contributed by atoms with van der Waals surface area (Å²) in [5.74, 6) is 1.61. The standard InChI is InChI=1S/C17H29N3O.HI/c1-14(2)8-7-11-19-17(18-3)20-12-15-9-5-6-10-16(15)13-21-4;/h5-6,9-10,14H,7-8,11-13H2,1-4H3,(H2,18,19,20);1H. The molecule has 2 N–H and O–H groups in total. The van der Waals surface area contributed by atoms with E-state index >= 15 is 0 Å². The van der Waals surface area contributed by atoms with Crippen molar-refractivity contribution >= 4 is 29.9 Å². The van der Waals surface area contributed by atoms with Crippen LogP contribution in [-0.4, -0.2) is 26.7 Å². The highest BCUT2D eigenvalue weighted by Crippen LogP contribution is 2.09. The lowest BCUT2D eigenvalue weighted by Crippen LogP contribution is -2.37. The summed E-state index contributed by atoms with van der Waals surface area (Å²) in [5, 5.41) is 6.71. The average Bonchev–Trinajstić information content (AvgIpc) is 2.48. The molecule has 0 saturated heterocycles. The summed E-state index contributed by atoms with van der Waals surface area (Å²) in [6.45, 7) is 6.85. The van der Waals surface area contributed by atoms with Gasteiger partial charge in [-0.15, -0.1) is 24.0 Å². The van der Waals surface area contributed by atoms with Gasteiger partial charge < -0.3 is 15.4 Å². The largest absolute Gasteiger partial charge is 0.380 e. The van der Waals surface area contributed by atoms with Crippen LogP contribution >= 0.6 is 24.0 Å². The van der Waals surface area contributed by atoms with Crippen LogP contribution in [0.15, 0.2) is 29.3 Å². The van der Waals surface area contributed by atoms with Crippen LogP contribution in [0.3, 0.4) is 0 Å². The first-order valence-electron chi connectivity index (χ1n) is 7.67. The van der Waals surface area contributed by atoms with Gasteiger partial charge in [-0.1, -0.05) is 38.1 Å². The van der Waals surface area contributed by atoms with Crippen molar-refractivity contribution in [2.75, 3.05) is 20.7 Å². The van der Waals surface area contributed by atoms with Crippen molar-refractivity contribution in [1.29, 1.82) is 0 Å². The van der Waals surface area contributed by atoms with Crippen molar-refractivity contribution in [2.45, 2.75) is 39.8 Å². The van der Waals surface area contributed by atoms with E-state index in [1.807, 2.05) is 6.07 Å². The SMILES string of the molecule is CN=C(NCCCC(C)C)NCc1ccccc1COC.I. The fraction of sp³-hybridized carbons (Fsp3) is 0.588. The molecule has 126 valence electrons. The Morgan fingerprint density at radius 1 is 1.18 bits per heavy atom. The molecule has 0 aliphatic carbocycles. The normalized spacial score (nSPS) is 11.2. The monoisotopic (exact) mass is 419 g/mol.